The smallest absolute Gasteiger partial charge is 0.306 e. The van der Waals surface area contributed by atoms with E-state index in [-0.39, 0.29) is 31.1 Å². The molecule has 0 aliphatic carbocycles. The number of hydrogen-bond donors (Lipinski definition) is 0. The molecular formula is C45H86O6. The van der Waals surface area contributed by atoms with Crippen LogP contribution in [0.4, 0.5) is 0 Å². The van der Waals surface area contributed by atoms with Crippen LogP contribution in [0.2, 0.25) is 0 Å². The number of hydrogen-bond acceptors (Lipinski definition) is 6. The Labute approximate surface area is 317 Å². The molecule has 0 aromatic carbocycles. The predicted octanol–water partition coefficient (Wildman–Crippen LogP) is 13.9. The topological polar surface area (TPSA) is 78.9 Å². The van der Waals surface area contributed by atoms with Crippen LogP contribution in [0.1, 0.15) is 246 Å². The van der Waals surface area contributed by atoms with Crippen LogP contribution < -0.4 is 0 Å². The molecule has 0 heterocycles. The van der Waals surface area contributed by atoms with Gasteiger partial charge in [0.15, 0.2) is 6.10 Å². The SMILES string of the molecule is CCCCCCCCCCCCCCCCCCC(=O)OC[C@@H](COC(=O)CCCCCCCCC(C)CC)OC(=O)CCCCCCCCC. The first-order valence-electron chi connectivity index (χ1n) is 22.4. The van der Waals surface area contributed by atoms with Crippen molar-refractivity contribution in [1.29, 1.82) is 0 Å². The van der Waals surface area contributed by atoms with Crippen molar-refractivity contribution in [3.05, 3.63) is 0 Å². The average Bonchev–Trinajstić information content (AvgIpc) is 3.13. The zero-order chi connectivity index (χ0) is 37.5. The summed E-state index contributed by atoms with van der Waals surface area (Å²) in [5.41, 5.74) is 0. The van der Waals surface area contributed by atoms with E-state index in [0.29, 0.717) is 19.3 Å². The second-order valence-electron chi connectivity index (χ2n) is 15.6. The lowest BCUT2D eigenvalue weighted by Crippen LogP contribution is -2.30. The van der Waals surface area contributed by atoms with Gasteiger partial charge in [-0.1, -0.05) is 207 Å². The third-order valence-corrected chi connectivity index (χ3v) is 10.4. The lowest BCUT2D eigenvalue weighted by atomic mass is 10.00. The Morgan fingerprint density at radius 1 is 0.392 bits per heavy atom. The van der Waals surface area contributed by atoms with E-state index in [4.69, 9.17) is 14.2 Å². The minimum absolute atomic E-state index is 0.0651. The second-order valence-corrected chi connectivity index (χ2v) is 15.6. The Kier molecular flexibility index (Phi) is 38.4. The van der Waals surface area contributed by atoms with Crippen molar-refractivity contribution < 1.29 is 28.6 Å². The Balaban J connectivity index is 4.21. The summed E-state index contributed by atoms with van der Waals surface area (Å²) in [6, 6.07) is 0. The van der Waals surface area contributed by atoms with Crippen LogP contribution in [0.3, 0.4) is 0 Å². The first-order chi connectivity index (χ1) is 24.9. The molecule has 0 aromatic rings. The summed E-state index contributed by atoms with van der Waals surface area (Å²) < 4.78 is 16.6. The summed E-state index contributed by atoms with van der Waals surface area (Å²) in [5.74, 6) is -0.0504. The molecule has 0 rings (SSSR count). The van der Waals surface area contributed by atoms with E-state index in [2.05, 4.69) is 27.7 Å². The summed E-state index contributed by atoms with van der Waals surface area (Å²) >= 11 is 0. The summed E-state index contributed by atoms with van der Waals surface area (Å²) in [4.78, 5) is 37.5. The highest BCUT2D eigenvalue weighted by Gasteiger charge is 2.19. The van der Waals surface area contributed by atoms with Gasteiger partial charge in [-0.05, 0) is 25.2 Å². The number of unbranched alkanes of at least 4 members (excludes halogenated alkanes) is 26. The van der Waals surface area contributed by atoms with Gasteiger partial charge in [0.05, 0.1) is 0 Å². The van der Waals surface area contributed by atoms with Crippen molar-refractivity contribution in [2.24, 2.45) is 5.92 Å². The van der Waals surface area contributed by atoms with Crippen LogP contribution in [-0.2, 0) is 28.6 Å². The molecule has 6 heteroatoms. The predicted molar refractivity (Wildman–Crippen MR) is 215 cm³/mol. The van der Waals surface area contributed by atoms with Gasteiger partial charge >= 0.3 is 17.9 Å². The fourth-order valence-electron chi connectivity index (χ4n) is 6.59. The molecule has 6 nitrogen and oxygen atoms in total. The maximum Gasteiger partial charge on any atom is 0.306 e. The van der Waals surface area contributed by atoms with Crippen molar-refractivity contribution in [2.75, 3.05) is 13.2 Å². The quantitative estimate of drug-likeness (QED) is 0.0356. The van der Waals surface area contributed by atoms with Crippen LogP contribution in [-0.4, -0.2) is 37.2 Å². The van der Waals surface area contributed by atoms with Gasteiger partial charge in [-0.15, -0.1) is 0 Å². The van der Waals surface area contributed by atoms with Gasteiger partial charge in [0.25, 0.3) is 0 Å². The van der Waals surface area contributed by atoms with Crippen LogP contribution in [0.25, 0.3) is 0 Å². The van der Waals surface area contributed by atoms with Gasteiger partial charge in [-0.3, -0.25) is 14.4 Å². The van der Waals surface area contributed by atoms with Crippen molar-refractivity contribution in [1.82, 2.24) is 0 Å². The number of esters is 3. The lowest BCUT2D eigenvalue weighted by Gasteiger charge is -2.18. The monoisotopic (exact) mass is 723 g/mol. The van der Waals surface area contributed by atoms with E-state index < -0.39 is 6.10 Å². The number of ether oxygens (including phenoxy) is 3. The molecule has 1 unspecified atom stereocenters. The zero-order valence-electron chi connectivity index (χ0n) is 34.6. The van der Waals surface area contributed by atoms with Crippen LogP contribution in [0, 0.1) is 5.92 Å². The average molecular weight is 723 g/mol. The van der Waals surface area contributed by atoms with E-state index >= 15 is 0 Å². The molecule has 0 fully saturated rings. The van der Waals surface area contributed by atoms with E-state index in [1.165, 1.54) is 141 Å². The van der Waals surface area contributed by atoms with E-state index in [1.807, 2.05) is 0 Å². The summed E-state index contributed by atoms with van der Waals surface area (Å²) in [7, 11) is 0. The third-order valence-electron chi connectivity index (χ3n) is 10.4. The molecule has 0 saturated carbocycles. The molecule has 0 aliphatic rings. The van der Waals surface area contributed by atoms with Gasteiger partial charge in [-0.2, -0.15) is 0 Å². The molecule has 0 saturated heterocycles. The summed E-state index contributed by atoms with van der Waals surface area (Å²) in [6.45, 7) is 8.92. The largest absolute Gasteiger partial charge is 0.462 e. The maximum absolute atomic E-state index is 12.6. The minimum Gasteiger partial charge on any atom is -0.462 e. The number of rotatable bonds is 40. The van der Waals surface area contributed by atoms with Crippen LogP contribution in [0.15, 0.2) is 0 Å². The number of carbonyl (C=O) groups is 3. The Bertz CT molecular complexity index is 768. The van der Waals surface area contributed by atoms with Crippen LogP contribution >= 0.6 is 0 Å². The number of carbonyl (C=O) groups excluding carboxylic acids is 3. The van der Waals surface area contributed by atoms with E-state index in [0.717, 1.165) is 63.7 Å². The fourth-order valence-corrected chi connectivity index (χ4v) is 6.59. The van der Waals surface area contributed by atoms with Gasteiger partial charge in [0.1, 0.15) is 13.2 Å². The molecule has 0 bridgehead atoms. The molecule has 0 amide bonds. The second kappa shape index (κ2) is 39.6. The molecule has 0 radical (unpaired) electrons. The van der Waals surface area contributed by atoms with Gasteiger partial charge < -0.3 is 14.2 Å². The Hall–Kier alpha value is -1.59. The molecule has 0 aromatic heterocycles. The molecule has 51 heavy (non-hydrogen) atoms. The molecule has 0 spiro atoms. The third kappa shape index (κ3) is 38.0. The fraction of sp³-hybridized carbons (Fsp3) is 0.933. The standard InChI is InChI=1S/C45H86O6/c1-5-8-10-12-14-15-16-17-18-19-20-21-22-24-28-32-36-43(46)49-39-42(51-45(48)38-34-30-23-13-11-9-6-2)40-50-44(47)37-33-29-26-25-27-31-35-41(4)7-3/h41-42H,5-40H2,1-4H3/t41?,42-/m0/s1. The minimum atomic E-state index is -0.758. The highest BCUT2D eigenvalue weighted by atomic mass is 16.6. The van der Waals surface area contributed by atoms with Crippen molar-refractivity contribution >= 4 is 17.9 Å². The summed E-state index contributed by atoms with van der Waals surface area (Å²) in [5, 5.41) is 0. The van der Waals surface area contributed by atoms with Gasteiger partial charge in [0.2, 0.25) is 0 Å². The lowest BCUT2D eigenvalue weighted by molar-refractivity contribution is -0.167. The molecule has 2 atom stereocenters. The van der Waals surface area contributed by atoms with Crippen LogP contribution in [0.5, 0.6) is 0 Å². The zero-order valence-corrected chi connectivity index (χ0v) is 34.6. The molecule has 0 aliphatic heterocycles. The van der Waals surface area contributed by atoms with Crippen molar-refractivity contribution in [2.45, 2.75) is 252 Å². The maximum atomic E-state index is 12.6. The van der Waals surface area contributed by atoms with Crippen molar-refractivity contribution in [3.8, 4) is 0 Å². The van der Waals surface area contributed by atoms with E-state index in [9.17, 15) is 14.4 Å². The van der Waals surface area contributed by atoms with Gasteiger partial charge in [-0.25, -0.2) is 0 Å². The van der Waals surface area contributed by atoms with Crippen molar-refractivity contribution in [3.63, 3.8) is 0 Å². The first-order valence-corrected chi connectivity index (χ1v) is 22.4. The molecular weight excluding hydrogens is 636 g/mol. The van der Waals surface area contributed by atoms with Gasteiger partial charge in [0, 0.05) is 19.3 Å². The first kappa shape index (κ1) is 49.4. The normalized spacial score (nSPS) is 12.5. The highest BCUT2D eigenvalue weighted by molar-refractivity contribution is 5.71. The molecule has 0 N–H and O–H groups in total. The highest BCUT2D eigenvalue weighted by Crippen LogP contribution is 2.16. The summed E-state index contributed by atoms with van der Waals surface area (Å²) in [6.07, 6.45) is 38.1. The molecule has 302 valence electrons. The Morgan fingerprint density at radius 2 is 0.686 bits per heavy atom. The Morgan fingerprint density at radius 3 is 1.02 bits per heavy atom. The van der Waals surface area contributed by atoms with E-state index in [1.54, 1.807) is 0 Å².